The summed E-state index contributed by atoms with van der Waals surface area (Å²) >= 11 is 1.25. The lowest BCUT2D eigenvalue weighted by Gasteiger charge is -2.06. The zero-order valence-corrected chi connectivity index (χ0v) is 12.4. The van der Waals surface area contributed by atoms with Crippen LogP contribution in [0.5, 0.6) is 5.75 Å². The average Bonchev–Trinajstić information content (AvgIpc) is 2.93. The van der Waals surface area contributed by atoms with Crippen molar-refractivity contribution in [1.29, 1.82) is 0 Å². The standard InChI is InChI=1S/C14H14N2O4S/c1-19-11-6-4-3-5-10(11)13(18)16-14-15-9(8-21-14)7-12(17)20-2/h3-6,8H,7H2,1-2H3,(H,15,16,18). The van der Waals surface area contributed by atoms with Gasteiger partial charge in [0.2, 0.25) is 0 Å². The van der Waals surface area contributed by atoms with Crippen LogP contribution in [0, 0.1) is 0 Å². The van der Waals surface area contributed by atoms with Crippen molar-refractivity contribution in [3.63, 3.8) is 0 Å². The average molecular weight is 306 g/mol. The number of methoxy groups -OCH3 is 2. The number of amides is 1. The predicted octanol–water partition coefficient (Wildman–Crippen LogP) is 2.12. The number of rotatable bonds is 5. The zero-order valence-electron chi connectivity index (χ0n) is 11.6. The fourth-order valence-electron chi connectivity index (χ4n) is 1.66. The fourth-order valence-corrected chi connectivity index (χ4v) is 2.37. The number of hydrogen-bond acceptors (Lipinski definition) is 6. The Morgan fingerprint density at radius 3 is 2.76 bits per heavy atom. The molecule has 0 unspecified atom stereocenters. The highest BCUT2D eigenvalue weighted by Gasteiger charge is 2.14. The van der Waals surface area contributed by atoms with E-state index in [1.807, 2.05) is 0 Å². The number of carbonyl (C=O) groups excluding carboxylic acids is 2. The molecule has 2 aromatic rings. The van der Waals surface area contributed by atoms with Crippen LogP contribution in [0.3, 0.4) is 0 Å². The summed E-state index contributed by atoms with van der Waals surface area (Å²) in [7, 11) is 2.82. The molecule has 0 aliphatic carbocycles. The molecule has 0 bridgehead atoms. The lowest BCUT2D eigenvalue weighted by atomic mass is 10.2. The van der Waals surface area contributed by atoms with Gasteiger partial charge in [-0.1, -0.05) is 12.1 Å². The maximum atomic E-state index is 12.2. The van der Waals surface area contributed by atoms with Gasteiger partial charge in [0.1, 0.15) is 5.75 Å². The summed E-state index contributed by atoms with van der Waals surface area (Å²) in [5.74, 6) is -0.198. The molecule has 7 heteroatoms. The van der Waals surface area contributed by atoms with E-state index in [0.29, 0.717) is 22.1 Å². The Morgan fingerprint density at radius 1 is 1.29 bits per heavy atom. The largest absolute Gasteiger partial charge is 0.496 e. The van der Waals surface area contributed by atoms with Gasteiger partial charge in [0, 0.05) is 5.38 Å². The molecule has 0 fully saturated rings. The number of hydrogen-bond donors (Lipinski definition) is 1. The summed E-state index contributed by atoms with van der Waals surface area (Å²) < 4.78 is 9.70. The van der Waals surface area contributed by atoms with Gasteiger partial charge in [0.15, 0.2) is 5.13 Å². The van der Waals surface area contributed by atoms with Gasteiger partial charge >= 0.3 is 5.97 Å². The molecule has 21 heavy (non-hydrogen) atoms. The molecule has 1 aromatic heterocycles. The monoisotopic (exact) mass is 306 g/mol. The van der Waals surface area contributed by atoms with Crippen molar-refractivity contribution in [3.05, 3.63) is 40.9 Å². The van der Waals surface area contributed by atoms with Gasteiger partial charge < -0.3 is 9.47 Å². The summed E-state index contributed by atoms with van der Waals surface area (Å²) in [5.41, 5.74) is 0.979. The van der Waals surface area contributed by atoms with Crippen molar-refractivity contribution in [2.75, 3.05) is 19.5 Å². The minimum Gasteiger partial charge on any atom is -0.496 e. The summed E-state index contributed by atoms with van der Waals surface area (Å²) in [6.45, 7) is 0. The summed E-state index contributed by atoms with van der Waals surface area (Å²) in [6.07, 6.45) is 0.0809. The molecule has 0 saturated heterocycles. The van der Waals surface area contributed by atoms with Crippen LogP contribution in [0.1, 0.15) is 16.1 Å². The lowest BCUT2D eigenvalue weighted by molar-refractivity contribution is -0.139. The Balaban J connectivity index is 2.08. The van der Waals surface area contributed by atoms with Crippen LogP contribution in [-0.2, 0) is 16.0 Å². The second-order valence-corrected chi connectivity index (χ2v) is 4.91. The van der Waals surface area contributed by atoms with Crippen molar-refractivity contribution in [3.8, 4) is 5.75 Å². The molecule has 1 aromatic carbocycles. The van der Waals surface area contributed by atoms with Crippen molar-refractivity contribution in [1.82, 2.24) is 4.98 Å². The molecule has 110 valence electrons. The molecule has 0 saturated carbocycles. The number of nitrogens with one attached hydrogen (secondary N) is 1. The maximum Gasteiger partial charge on any atom is 0.311 e. The van der Waals surface area contributed by atoms with E-state index in [9.17, 15) is 9.59 Å². The van der Waals surface area contributed by atoms with Crippen LogP contribution in [0.25, 0.3) is 0 Å². The van der Waals surface area contributed by atoms with Gasteiger partial charge in [0.25, 0.3) is 5.91 Å². The van der Waals surface area contributed by atoms with Crippen molar-refractivity contribution in [2.45, 2.75) is 6.42 Å². The van der Waals surface area contributed by atoms with Gasteiger partial charge in [-0.15, -0.1) is 11.3 Å². The van der Waals surface area contributed by atoms with Gasteiger partial charge in [-0.25, -0.2) is 4.98 Å². The van der Waals surface area contributed by atoms with Crippen LogP contribution in [0.15, 0.2) is 29.6 Å². The Hall–Kier alpha value is -2.41. The minimum absolute atomic E-state index is 0.0809. The third-order valence-electron chi connectivity index (χ3n) is 2.68. The molecular weight excluding hydrogens is 292 g/mol. The molecule has 6 nitrogen and oxygen atoms in total. The number of aromatic nitrogens is 1. The number of esters is 1. The van der Waals surface area contributed by atoms with Gasteiger partial charge in [-0.2, -0.15) is 0 Å². The van der Waals surface area contributed by atoms with E-state index in [1.54, 1.807) is 29.6 Å². The number of para-hydroxylation sites is 1. The number of carbonyl (C=O) groups is 2. The van der Waals surface area contributed by atoms with Crippen molar-refractivity contribution < 1.29 is 19.1 Å². The fraction of sp³-hybridized carbons (Fsp3) is 0.214. The molecule has 1 N–H and O–H groups in total. The van der Waals surface area contributed by atoms with E-state index in [4.69, 9.17) is 4.74 Å². The molecule has 0 radical (unpaired) electrons. The van der Waals surface area contributed by atoms with Gasteiger partial charge in [-0.3, -0.25) is 14.9 Å². The third-order valence-corrected chi connectivity index (χ3v) is 3.48. The third kappa shape index (κ3) is 3.79. The first-order chi connectivity index (χ1) is 10.1. The second-order valence-electron chi connectivity index (χ2n) is 4.05. The number of nitrogens with zero attached hydrogens (tertiary/aromatic N) is 1. The van der Waals surface area contributed by atoms with E-state index in [0.717, 1.165) is 0 Å². The Labute approximate surface area is 125 Å². The number of thiazole rings is 1. The van der Waals surface area contributed by atoms with E-state index in [2.05, 4.69) is 15.0 Å². The minimum atomic E-state index is -0.372. The first-order valence-corrected chi connectivity index (χ1v) is 6.97. The van der Waals surface area contributed by atoms with Crippen LogP contribution in [0.2, 0.25) is 0 Å². The molecule has 0 atom stereocenters. The van der Waals surface area contributed by atoms with E-state index < -0.39 is 0 Å². The number of benzene rings is 1. The first kappa shape index (κ1) is 15.0. The topological polar surface area (TPSA) is 77.5 Å². The predicted molar refractivity (Wildman–Crippen MR) is 78.8 cm³/mol. The molecule has 2 rings (SSSR count). The van der Waals surface area contributed by atoms with Gasteiger partial charge in [-0.05, 0) is 12.1 Å². The second kappa shape index (κ2) is 6.85. The van der Waals surface area contributed by atoms with Crippen LogP contribution in [0.4, 0.5) is 5.13 Å². The Morgan fingerprint density at radius 2 is 2.05 bits per heavy atom. The van der Waals surface area contributed by atoms with Crippen molar-refractivity contribution in [2.24, 2.45) is 0 Å². The summed E-state index contributed by atoms with van der Waals surface area (Å²) in [5, 5.41) is 4.81. The van der Waals surface area contributed by atoms with Crippen LogP contribution >= 0.6 is 11.3 Å². The van der Waals surface area contributed by atoms with E-state index in [1.165, 1.54) is 25.6 Å². The lowest BCUT2D eigenvalue weighted by Crippen LogP contribution is -2.13. The molecule has 0 aliphatic rings. The molecule has 0 aliphatic heterocycles. The Bertz CT molecular complexity index is 654. The summed E-state index contributed by atoms with van der Waals surface area (Å²) in [4.78, 5) is 27.5. The molecule has 0 spiro atoms. The van der Waals surface area contributed by atoms with Crippen molar-refractivity contribution >= 4 is 28.3 Å². The molecule has 1 amide bonds. The molecular formula is C14H14N2O4S. The van der Waals surface area contributed by atoms with E-state index in [-0.39, 0.29) is 18.3 Å². The number of ether oxygens (including phenoxy) is 2. The normalized spacial score (nSPS) is 10.0. The highest BCUT2D eigenvalue weighted by atomic mass is 32.1. The smallest absolute Gasteiger partial charge is 0.311 e. The van der Waals surface area contributed by atoms with Gasteiger partial charge in [0.05, 0.1) is 31.9 Å². The first-order valence-electron chi connectivity index (χ1n) is 6.09. The highest BCUT2D eigenvalue weighted by Crippen LogP contribution is 2.21. The number of anilines is 1. The summed E-state index contributed by atoms with van der Waals surface area (Å²) in [6, 6.07) is 6.91. The van der Waals surface area contributed by atoms with E-state index >= 15 is 0 Å². The maximum absolute atomic E-state index is 12.2. The SMILES string of the molecule is COC(=O)Cc1csc(NC(=O)c2ccccc2OC)n1. The molecule has 1 heterocycles. The highest BCUT2D eigenvalue weighted by molar-refractivity contribution is 7.14. The van der Waals surface area contributed by atoms with Crippen LogP contribution in [-0.4, -0.2) is 31.1 Å². The van der Waals surface area contributed by atoms with Crippen LogP contribution < -0.4 is 10.1 Å². The zero-order chi connectivity index (χ0) is 15.2. The Kier molecular flexibility index (Phi) is 4.89. The quantitative estimate of drug-likeness (QED) is 0.856.